The number of ketones is 1. The van der Waals surface area contributed by atoms with E-state index in [1.165, 1.54) is 29.8 Å². The van der Waals surface area contributed by atoms with E-state index in [0.717, 1.165) is 17.6 Å². The number of likely N-dealkylation sites (N-methyl/N-ethyl adjacent to an activating group) is 1. The monoisotopic (exact) mass is 619 g/mol. The molecular weight excluding hydrogens is 593 g/mol. The van der Waals surface area contributed by atoms with Gasteiger partial charge in [-0.3, -0.25) is 4.79 Å². The molecule has 6 nitrogen and oxygen atoms in total. The summed E-state index contributed by atoms with van der Waals surface area (Å²) in [5.74, 6) is 0.395. The lowest BCUT2D eigenvalue weighted by molar-refractivity contribution is -0.903. The van der Waals surface area contributed by atoms with Gasteiger partial charge in [-0.05, 0) is 66.7 Å². The molecule has 0 unspecified atom stereocenters. The Bertz CT molecular complexity index is 1530. The summed E-state index contributed by atoms with van der Waals surface area (Å²) in [6, 6.07) is 27.4. The average Bonchev–Trinajstić information content (AvgIpc) is 2.90. The van der Waals surface area contributed by atoms with Gasteiger partial charge in [-0.1, -0.05) is 65.1 Å². The van der Waals surface area contributed by atoms with Gasteiger partial charge in [0.05, 0.1) is 24.6 Å². The fourth-order valence-corrected chi connectivity index (χ4v) is 4.62. The number of ether oxygens (including phenoxy) is 1. The molecule has 4 rings (SSSR count). The summed E-state index contributed by atoms with van der Waals surface area (Å²) in [6.45, 7) is 2.19. The molecule has 0 atom stereocenters. The fraction of sp³-hybridized carbons (Fsp3) is 0.167. The normalized spacial score (nSPS) is 11.3. The maximum Gasteiger partial charge on any atom is 0.196 e. The second-order valence-corrected chi connectivity index (χ2v) is 12.2. The van der Waals surface area contributed by atoms with Crippen molar-refractivity contribution in [3.63, 3.8) is 0 Å². The van der Waals surface area contributed by atoms with Gasteiger partial charge >= 0.3 is 0 Å². The Labute approximate surface area is 250 Å². The Hall–Kier alpha value is -2.91. The van der Waals surface area contributed by atoms with E-state index in [-0.39, 0.29) is 10.7 Å². The van der Waals surface area contributed by atoms with E-state index in [2.05, 4.69) is 26.2 Å². The van der Waals surface area contributed by atoms with Crippen LogP contribution >= 0.6 is 34.8 Å². The molecule has 4 aromatic rings. The van der Waals surface area contributed by atoms with E-state index in [0.29, 0.717) is 38.6 Å². The van der Waals surface area contributed by atoms with Crippen LogP contribution in [0.25, 0.3) is 0 Å². The van der Waals surface area contributed by atoms with Crippen LogP contribution in [0.4, 0.5) is 0 Å². The van der Waals surface area contributed by atoms with Crippen molar-refractivity contribution in [1.82, 2.24) is 0 Å². The third-order valence-corrected chi connectivity index (χ3v) is 7.39. The van der Waals surface area contributed by atoms with Gasteiger partial charge in [0.1, 0.15) is 35.6 Å². The van der Waals surface area contributed by atoms with Crippen molar-refractivity contribution in [2.24, 2.45) is 0 Å². The highest BCUT2D eigenvalue weighted by molar-refractivity contribution is 7.85. The molecule has 0 fully saturated rings. The van der Waals surface area contributed by atoms with Crippen LogP contribution in [-0.2, 0) is 16.7 Å². The second kappa shape index (κ2) is 14.1. The van der Waals surface area contributed by atoms with Crippen molar-refractivity contribution >= 4 is 50.7 Å². The maximum atomic E-state index is 12.9. The highest BCUT2D eigenvalue weighted by Crippen LogP contribution is 2.26. The lowest BCUT2D eigenvalue weighted by atomic mass is 10.0. The zero-order chi connectivity index (χ0) is 29.3. The Balaban J connectivity index is 0.000000336. The van der Waals surface area contributed by atoms with E-state index < -0.39 is 10.1 Å². The number of carbonyl (C=O) groups is 1. The topological polar surface area (TPSA) is 83.5 Å². The molecule has 0 bridgehead atoms. The molecule has 0 N–H and O–H groups in total. The number of halogens is 3. The second-order valence-electron chi connectivity index (χ2n) is 9.54. The van der Waals surface area contributed by atoms with E-state index in [9.17, 15) is 17.8 Å². The molecule has 0 saturated heterocycles. The molecule has 10 heteroatoms. The van der Waals surface area contributed by atoms with Crippen LogP contribution in [-0.4, -0.2) is 50.5 Å². The molecule has 0 aliphatic carbocycles. The third-order valence-electron chi connectivity index (χ3n) is 5.80. The number of rotatable bonds is 9. The third kappa shape index (κ3) is 9.93. The molecule has 0 radical (unpaired) electrons. The smallest absolute Gasteiger partial charge is 0.196 e. The van der Waals surface area contributed by atoms with Gasteiger partial charge in [0.2, 0.25) is 0 Å². The van der Waals surface area contributed by atoms with E-state index >= 15 is 0 Å². The number of quaternary nitrogens is 1. The SMILES string of the molecule is C[N+](C)(CCOc1ccc(Cl)cc1C(=O)c1ccc(Cl)cc1)Cc1ccccc1.O=S(=O)([O-])c1ccc(Cl)cc1. The number of hydrogen-bond donors (Lipinski definition) is 0. The number of nitrogens with zero attached hydrogens (tertiary/aromatic N) is 1. The van der Waals surface area contributed by atoms with Crippen molar-refractivity contribution in [1.29, 1.82) is 0 Å². The zero-order valence-electron chi connectivity index (χ0n) is 21.9. The van der Waals surface area contributed by atoms with Crippen molar-refractivity contribution in [3.8, 4) is 5.75 Å². The van der Waals surface area contributed by atoms with Crippen LogP contribution in [0.2, 0.25) is 15.1 Å². The average molecular weight is 621 g/mol. The molecule has 0 spiro atoms. The molecule has 0 amide bonds. The molecule has 210 valence electrons. The molecule has 0 aliphatic heterocycles. The predicted molar refractivity (Wildman–Crippen MR) is 158 cm³/mol. The predicted octanol–water partition coefficient (Wildman–Crippen LogP) is 7.12. The first kappa shape index (κ1) is 31.6. The standard InChI is InChI=1S/C24H24Cl2NO2.C6H5ClO3S/c1-27(2,17-18-6-4-3-5-7-18)14-15-29-23-13-12-21(26)16-22(23)24(28)19-8-10-20(25)11-9-19;7-5-1-3-6(4-2-5)11(8,9)10/h3-13,16H,14-15,17H2,1-2H3;1-4H,(H,8,9,10)/q+1;/p-1. The lowest BCUT2D eigenvalue weighted by Crippen LogP contribution is -2.42. The van der Waals surface area contributed by atoms with Crippen LogP contribution in [0, 0.1) is 0 Å². The zero-order valence-corrected chi connectivity index (χ0v) is 25.0. The first-order chi connectivity index (χ1) is 18.8. The van der Waals surface area contributed by atoms with Crippen LogP contribution in [0.15, 0.2) is 102 Å². The maximum absolute atomic E-state index is 12.9. The summed E-state index contributed by atoms with van der Waals surface area (Å²) >= 11 is 17.5. The minimum atomic E-state index is -4.33. The summed E-state index contributed by atoms with van der Waals surface area (Å²) in [5.41, 5.74) is 2.28. The van der Waals surface area contributed by atoms with Gasteiger partial charge in [-0.15, -0.1) is 0 Å². The number of carbonyl (C=O) groups excluding carboxylic acids is 1. The summed E-state index contributed by atoms with van der Waals surface area (Å²) in [7, 11) is 0.00113. The minimum absolute atomic E-state index is 0.141. The van der Waals surface area contributed by atoms with E-state index in [1.54, 1.807) is 42.5 Å². The molecule has 40 heavy (non-hydrogen) atoms. The van der Waals surface area contributed by atoms with Crippen LogP contribution < -0.4 is 4.74 Å². The van der Waals surface area contributed by atoms with Crippen molar-refractivity contribution in [2.45, 2.75) is 11.4 Å². The molecule has 0 aromatic heterocycles. The van der Waals surface area contributed by atoms with E-state index in [4.69, 9.17) is 39.5 Å². The number of benzene rings is 4. The van der Waals surface area contributed by atoms with Gasteiger partial charge in [0.25, 0.3) is 0 Å². The molecule has 0 saturated carbocycles. The largest absolute Gasteiger partial charge is 0.744 e. The van der Waals surface area contributed by atoms with Gasteiger partial charge in [-0.2, -0.15) is 0 Å². The molecule has 4 aromatic carbocycles. The Morgan fingerprint density at radius 1 is 0.800 bits per heavy atom. The lowest BCUT2D eigenvalue weighted by Gasteiger charge is -2.30. The fourth-order valence-electron chi connectivity index (χ4n) is 3.72. The van der Waals surface area contributed by atoms with Gasteiger partial charge in [0, 0.05) is 26.2 Å². The van der Waals surface area contributed by atoms with Crippen LogP contribution in [0.3, 0.4) is 0 Å². The van der Waals surface area contributed by atoms with Crippen LogP contribution in [0.5, 0.6) is 5.75 Å². The highest BCUT2D eigenvalue weighted by atomic mass is 35.5. The van der Waals surface area contributed by atoms with E-state index in [1.807, 2.05) is 18.2 Å². The minimum Gasteiger partial charge on any atom is -0.744 e. The first-order valence-corrected chi connectivity index (χ1v) is 14.7. The molecular formula is C30H28Cl3NO5S. The van der Waals surface area contributed by atoms with Crippen molar-refractivity contribution in [3.05, 3.63) is 129 Å². The van der Waals surface area contributed by atoms with Crippen molar-refractivity contribution in [2.75, 3.05) is 27.2 Å². The van der Waals surface area contributed by atoms with Crippen LogP contribution in [0.1, 0.15) is 21.5 Å². The summed E-state index contributed by atoms with van der Waals surface area (Å²) in [5, 5.41) is 1.48. The van der Waals surface area contributed by atoms with Gasteiger partial charge in [-0.25, -0.2) is 8.42 Å². The number of hydrogen-bond acceptors (Lipinski definition) is 5. The Morgan fingerprint density at radius 3 is 1.93 bits per heavy atom. The quantitative estimate of drug-likeness (QED) is 0.113. The molecule has 0 aliphatic rings. The highest BCUT2D eigenvalue weighted by Gasteiger charge is 2.19. The van der Waals surface area contributed by atoms with Gasteiger partial charge in [0.15, 0.2) is 5.78 Å². The summed E-state index contributed by atoms with van der Waals surface area (Å²) in [6.07, 6.45) is 0. The Morgan fingerprint density at radius 2 is 1.35 bits per heavy atom. The summed E-state index contributed by atoms with van der Waals surface area (Å²) < 4.78 is 37.8. The first-order valence-electron chi connectivity index (χ1n) is 12.1. The van der Waals surface area contributed by atoms with Crippen molar-refractivity contribution < 1.29 is 27.0 Å². The Kier molecular flexibility index (Phi) is 11.2. The molecule has 0 heterocycles. The summed E-state index contributed by atoms with van der Waals surface area (Å²) in [4.78, 5) is 12.7. The van der Waals surface area contributed by atoms with Gasteiger partial charge < -0.3 is 13.8 Å².